The zero-order chi connectivity index (χ0) is 14.9. The van der Waals surface area contributed by atoms with Gasteiger partial charge in [0.05, 0.1) is 11.4 Å². The van der Waals surface area contributed by atoms with Gasteiger partial charge in [0.2, 0.25) is 0 Å². The van der Waals surface area contributed by atoms with Crippen molar-refractivity contribution in [3.63, 3.8) is 0 Å². The number of aromatic nitrogens is 4. The van der Waals surface area contributed by atoms with Gasteiger partial charge in [-0.15, -0.1) is 0 Å². The Bertz CT molecular complexity index is 927. The van der Waals surface area contributed by atoms with Crippen LogP contribution in [0.1, 0.15) is 5.56 Å². The molecular weight excluding hydrogens is 272 g/mol. The third-order valence-electron chi connectivity index (χ3n) is 3.77. The molecule has 0 fully saturated rings. The van der Waals surface area contributed by atoms with Gasteiger partial charge < -0.3 is 0 Å². The summed E-state index contributed by atoms with van der Waals surface area (Å²) in [5.41, 5.74) is 6.12. The van der Waals surface area contributed by atoms with Crippen molar-refractivity contribution >= 4 is 5.65 Å². The molecule has 22 heavy (non-hydrogen) atoms. The van der Waals surface area contributed by atoms with Crippen molar-refractivity contribution in [2.75, 3.05) is 0 Å². The topological polar surface area (TPSA) is 43.1 Å². The van der Waals surface area contributed by atoms with Gasteiger partial charge in [-0.1, -0.05) is 30.3 Å². The number of pyridine rings is 1. The smallest absolute Gasteiger partial charge is 0.159 e. The summed E-state index contributed by atoms with van der Waals surface area (Å²) in [5, 5.41) is 4.79. The summed E-state index contributed by atoms with van der Waals surface area (Å²) < 4.78 is 1.91. The highest BCUT2D eigenvalue weighted by atomic mass is 15.3. The van der Waals surface area contributed by atoms with Gasteiger partial charge in [0.1, 0.15) is 0 Å². The van der Waals surface area contributed by atoms with Gasteiger partial charge in [-0.05, 0) is 25.1 Å². The molecule has 0 unspecified atom stereocenters. The highest BCUT2D eigenvalue weighted by Crippen LogP contribution is 2.27. The van der Waals surface area contributed by atoms with E-state index < -0.39 is 0 Å². The molecule has 0 saturated carbocycles. The average Bonchev–Trinajstić information content (AvgIpc) is 2.94. The molecule has 4 aromatic rings. The van der Waals surface area contributed by atoms with Crippen LogP contribution in [0.25, 0.3) is 28.2 Å². The SMILES string of the molecule is Cc1c(-c2ccccc2)nn2c(-c3ccncc3)ccnc12. The molecule has 0 spiro atoms. The lowest BCUT2D eigenvalue weighted by Crippen LogP contribution is -1.95. The largest absolute Gasteiger partial charge is 0.265 e. The van der Waals surface area contributed by atoms with Crippen LogP contribution >= 0.6 is 0 Å². The maximum atomic E-state index is 4.79. The van der Waals surface area contributed by atoms with Crippen LogP contribution in [0, 0.1) is 6.92 Å². The van der Waals surface area contributed by atoms with E-state index in [0.717, 1.165) is 33.7 Å². The van der Waals surface area contributed by atoms with Crippen molar-refractivity contribution in [2.45, 2.75) is 6.92 Å². The first-order valence-corrected chi connectivity index (χ1v) is 7.15. The summed E-state index contributed by atoms with van der Waals surface area (Å²) in [6, 6.07) is 16.1. The van der Waals surface area contributed by atoms with Crippen LogP contribution in [0.15, 0.2) is 67.1 Å². The van der Waals surface area contributed by atoms with E-state index in [1.54, 1.807) is 12.4 Å². The van der Waals surface area contributed by atoms with Gasteiger partial charge in [-0.3, -0.25) is 4.98 Å². The van der Waals surface area contributed by atoms with Crippen LogP contribution in [0.4, 0.5) is 0 Å². The van der Waals surface area contributed by atoms with Gasteiger partial charge in [0.25, 0.3) is 0 Å². The van der Waals surface area contributed by atoms with E-state index >= 15 is 0 Å². The van der Waals surface area contributed by atoms with Crippen LogP contribution in [0.2, 0.25) is 0 Å². The van der Waals surface area contributed by atoms with E-state index in [2.05, 4.69) is 29.0 Å². The van der Waals surface area contributed by atoms with Crippen molar-refractivity contribution in [3.8, 4) is 22.5 Å². The van der Waals surface area contributed by atoms with Gasteiger partial charge in [-0.2, -0.15) is 5.10 Å². The highest BCUT2D eigenvalue weighted by Gasteiger charge is 2.14. The quantitative estimate of drug-likeness (QED) is 0.563. The second-order valence-corrected chi connectivity index (χ2v) is 5.14. The molecule has 4 heteroatoms. The Hall–Kier alpha value is -3.01. The van der Waals surface area contributed by atoms with E-state index in [0.29, 0.717) is 0 Å². The predicted octanol–water partition coefficient (Wildman–Crippen LogP) is 3.77. The Morgan fingerprint density at radius 3 is 2.36 bits per heavy atom. The van der Waals surface area contributed by atoms with Gasteiger partial charge in [0.15, 0.2) is 5.65 Å². The number of hydrogen-bond donors (Lipinski definition) is 0. The molecular formula is C18H14N4. The first-order chi connectivity index (χ1) is 10.8. The Morgan fingerprint density at radius 1 is 0.818 bits per heavy atom. The lowest BCUT2D eigenvalue weighted by Gasteiger charge is -2.03. The summed E-state index contributed by atoms with van der Waals surface area (Å²) in [6.45, 7) is 2.06. The molecule has 0 atom stereocenters. The van der Waals surface area contributed by atoms with Gasteiger partial charge in [0, 0.05) is 35.3 Å². The minimum Gasteiger partial charge on any atom is -0.265 e. The Balaban J connectivity index is 1.99. The lowest BCUT2D eigenvalue weighted by atomic mass is 10.1. The number of hydrogen-bond acceptors (Lipinski definition) is 3. The molecule has 4 nitrogen and oxygen atoms in total. The molecule has 0 aliphatic rings. The Kier molecular flexibility index (Phi) is 2.93. The zero-order valence-corrected chi connectivity index (χ0v) is 12.1. The number of aryl methyl sites for hydroxylation is 1. The molecule has 0 aliphatic heterocycles. The minimum atomic E-state index is 0.883. The number of benzene rings is 1. The van der Waals surface area contributed by atoms with E-state index in [4.69, 9.17) is 5.10 Å². The van der Waals surface area contributed by atoms with Crippen LogP contribution in [0.3, 0.4) is 0 Å². The van der Waals surface area contributed by atoms with E-state index in [-0.39, 0.29) is 0 Å². The molecule has 1 aromatic carbocycles. The fourth-order valence-corrected chi connectivity index (χ4v) is 2.67. The fraction of sp³-hybridized carbons (Fsp3) is 0.0556. The Labute approximate surface area is 128 Å². The third-order valence-corrected chi connectivity index (χ3v) is 3.77. The number of rotatable bonds is 2. The third kappa shape index (κ3) is 1.97. The molecule has 106 valence electrons. The van der Waals surface area contributed by atoms with E-state index in [1.807, 2.05) is 47.1 Å². The Morgan fingerprint density at radius 2 is 1.59 bits per heavy atom. The van der Waals surface area contributed by atoms with Crippen LogP contribution in [0.5, 0.6) is 0 Å². The van der Waals surface area contributed by atoms with E-state index in [9.17, 15) is 0 Å². The zero-order valence-electron chi connectivity index (χ0n) is 12.1. The molecule has 4 rings (SSSR count). The molecule has 0 aliphatic carbocycles. The van der Waals surface area contributed by atoms with Crippen LogP contribution in [-0.2, 0) is 0 Å². The molecule has 0 amide bonds. The summed E-state index contributed by atoms with van der Waals surface area (Å²) in [6.07, 6.45) is 5.40. The first kappa shape index (κ1) is 12.7. The van der Waals surface area contributed by atoms with Crippen molar-refractivity contribution in [1.82, 2.24) is 19.6 Å². The molecule has 3 aromatic heterocycles. The predicted molar refractivity (Wildman–Crippen MR) is 86.4 cm³/mol. The standard InChI is InChI=1S/C18H14N4/c1-13-17(15-5-3-2-4-6-15)21-22-16(9-12-20-18(13)22)14-7-10-19-11-8-14/h2-12H,1H3. The average molecular weight is 286 g/mol. The second kappa shape index (κ2) is 5.07. The molecule has 0 saturated heterocycles. The van der Waals surface area contributed by atoms with E-state index in [1.165, 1.54) is 0 Å². The highest BCUT2D eigenvalue weighted by molar-refractivity contribution is 5.72. The van der Waals surface area contributed by atoms with Crippen molar-refractivity contribution < 1.29 is 0 Å². The molecule has 3 heterocycles. The van der Waals surface area contributed by atoms with Crippen molar-refractivity contribution in [3.05, 3.63) is 72.7 Å². The maximum absolute atomic E-state index is 4.79. The monoisotopic (exact) mass is 286 g/mol. The summed E-state index contributed by atoms with van der Waals surface area (Å²) in [5.74, 6) is 0. The number of fused-ring (bicyclic) bond motifs is 1. The van der Waals surface area contributed by atoms with Crippen LogP contribution < -0.4 is 0 Å². The summed E-state index contributed by atoms with van der Waals surface area (Å²) in [7, 11) is 0. The normalized spacial score (nSPS) is 11.0. The fourth-order valence-electron chi connectivity index (χ4n) is 2.67. The lowest BCUT2D eigenvalue weighted by molar-refractivity contribution is 0.951. The summed E-state index contributed by atoms with van der Waals surface area (Å²) >= 11 is 0. The second-order valence-electron chi connectivity index (χ2n) is 5.14. The molecule has 0 bridgehead atoms. The molecule has 0 radical (unpaired) electrons. The van der Waals surface area contributed by atoms with Crippen molar-refractivity contribution in [1.29, 1.82) is 0 Å². The minimum absolute atomic E-state index is 0.883. The van der Waals surface area contributed by atoms with Gasteiger partial charge >= 0.3 is 0 Å². The maximum Gasteiger partial charge on any atom is 0.159 e. The first-order valence-electron chi connectivity index (χ1n) is 7.15. The number of nitrogens with zero attached hydrogens (tertiary/aromatic N) is 4. The van der Waals surface area contributed by atoms with Gasteiger partial charge in [-0.25, -0.2) is 9.50 Å². The van der Waals surface area contributed by atoms with Crippen molar-refractivity contribution in [2.24, 2.45) is 0 Å². The van der Waals surface area contributed by atoms with Crippen LogP contribution in [-0.4, -0.2) is 19.6 Å². The molecule has 0 N–H and O–H groups in total. The summed E-state index contributed by atoms with van der Waals surface area (Å²) in [4.78, 5) is 8.57.